The number of nitrogens with one attached hydrogen (secondary N) is 2. The van der Waals surface area contributed by atoms with E-state index in [-0.39, 0.29) is 24.0 Å². The lowest BCUT2D eigenvalue weighted by Crippen LogP contribution is -2.60. The summed E-state index contributed by atoms with van der Waals surface area (Å²) in [7, 11) is 0. The van der Waals surface area contributed by atoms with Gasteiger partial charge in [0.1, 0.15) is 0 Å². The van der Waals surface area contributed by atoms with Crippen LogP contribution in [0.1, 0.15) is 40.0 Å². The van der Waals surface area contributed by atoms with Crippen LogP contribution in [-0.2, 0) is 14.3 Å². The van der Waals surface area contributed by atoms with Crippen molar-refractivity contribution in [3.8, 4) is 0 Å². The van der Waals surface area contributed by atoms with Gasteiger partial charge in [-0.1, -0.05) is 13.8 Å². The smallest absolute Gasteiger partial charge is 0.331 e. The Morgan fingerprint density at radius 3 is 2.61 bits per heavy atom. The molecule has 23 heavy (non-hydrogen) atoms. The maximum absolute atomic E-state index is 11.5. The van der Waals surface area contributed by atoms with Crippen LogP contribution in [0.2, 0.25) is 0 Å². The first-order chi connectivity index (χ1) is 10.8. The van der Waals surface area contributed by atoms with Crippen LogP contribution in [0.25, 0.3) is 0 Å². The number of nitrogens with two attached hydrogens (primary N) is 1. The lowest BCUT2D eigenvalue weighted by atomic mass is 9.87. The van der Waals surface area contributed by atoms with Crippen LogP contribution >= 0.6 is 0 Å². The summed E-state index contributed by atoms with van der Waals surface area (Å²) in [6.07, 6.45) is 3.46. The monoisotopic (exact) mass is 326 g/mol. The van der Waals surface area contributed by atoms with Gasteiger partial charge in [0.25, 0.3) is 0 Å². The van der Waals surface area contributed by atoms with Crippen molar-refractivity contribution in [2.45, 2.75) is 64.3 Å². The predicted molar refractivity (Wildman–Crippen MR) is 85.8 cm³/mol. The molecule has 0 saturated heterocycles. The Hall–Kier alpha value is -1.93. The highest BCUT2D eigenvalue weighted by Gasteiger charge is 2.39. The summed E-state index contributed by atoms with van der Waals surface area (Å²) in [6, 6.07) is -1.09. The minimum absolute atomic E-state index is 0.0486. The molecular formula is C15H26N4O4. The molecule has 0 bridgehead atoms. The van der Waals surface area contributed by atoms with Gasteiger partial charge >= 0.3 is 5.97 Å². The summed E-state index contributed by atoms with van der Waals surface area (Å²) in [5, 5.41) is 20.5. The van der Waals surface area contributed by atoms with Crippen molar-refractivity contribution < 1.29 is 19.4 Å². The van der Waals surface area contributed by atoms with E-state index in [0.29, 0.717) is 0 Å². The summed E-state index contributed by atoms with van der Waals surface area (Å²) >= 11 is 0. The number of carboxylic acid groups (broad SMARTS) is 1. The number of hydrogen-bond donors (Lipinski definition) is 4. The normalized spacial score (nSPS) is 24.0. The molecule has 0 aliphatic heterocycles. The van der Waals surface area contributed by atoms with Gasteiger partial charge in [-0.05, 0) is 18.9 Å². The molecule has 3 atom stereocenters. The van der Waals surface area contributed by atoms with E-state index >= 15 is 0 Å². The van der Waals surface area contributed by atoms with E-state index in [1.165, 1.54) is 13.0 Å². The molecule has 130 valence electrons. The predicted octanol–water partition coefficient (Wildman–Crippen LogP) is 0.631. The number of carbonyl (C=O) groups excluding carboxylic acids is 1. The third-order valence-electron chi connectivity index (χ3n) is 4.00. The van der Waals surface area contributed by atoms with E-state index < -0.39 is 24.2 Å². The van der Waals surface area contributed by atoms with Gasteiger partial charge in [0.2, 0.25) is 5.91 Å². The third-order valence-corrected chi connectivity index (χ3v) is 4.00. The molecule has 0 aromatic rings. The van der Waals surface area contributed by atoms with Crippen LogP contribution in [0.5, 0.6) is 0 Å². The average Bonchev–Trinajstić information content (AvgIpc) is 2.51. The number of aliphatic carboxylic acids is 1. The average molecular weight is 326 g/mol. The van der Waals surface area contributed by atoms with Crippen LogP contribution in [0.4, 0.5) is 0 Å². The molecule has 1 amide bonds. The summed E-state index contributed by atoms with van der Waals surface area (Å²) in [5.41, 5.74) is 0.171. The van der Waals surface area contributed by atoms with Crippen molar-refractivity contribution in [3.05, 3.63) is 11.6 Å². The Bertz CT molecular complexity index is 476. The van der Waals surface area contributed by atoms with Crippen molar-refractivity contribution in [2.24, 2.45) is 5.84 Å². The number of hydrogen-bond acceptors (Lipinski definition) is 5. The van der Waals surface area contributed by atoms with Gasteiger partial charge in [-0.15, -0.1) is 0 Å². The van der Waals surface area contributed by atoms with Gasteiger partial charge < -0.3 is 15.2 Å². The Morgan fingerprint density at radius 1 is 1.57 bits per heavy atom. The maximum atomic E-state index is 11.5. The summed E-state index contributed by atoms with van der Waals surface area (Å²) in [4.78, 5) is 22.9. The van der Waals surface area contributed by atoms with E-state index in [9.17, 15) is 14.7 Å². The molecule has 0 radical (unpaired) electrons. The number of carboxylic acids is 1. The van der Waals surface area contributed by atoms with Gasteiger partial charge in [0, 0.05) is 18.9 Å². The fraction of sp³-hybridized carbons (Fsp3) is 0.667. The summed E-state index contributed by atoms with van der Waals surface area (Å²) in [6.45, 7) is 5.35. The summed E-state index contributed by atoms with van der Waals surface area (Å²) in [5.74, 6) is 4.49. The Kier molecular flexibility index (Phi) is 7.18. The van der Waals surface area contributed by atoms with Crippen LogP contribution < -0.4 is 11.2 Å². The topological polar surface area (TPSA) is 129 Å². The molecule has 0 saturated carbocycles. The van der Waals surface area contributed by atoms with Gasteiger partial charge in [0.15, 0.2) is 0 Å². The molecule has 8 nitrogen and oxygen atoms in total. The molecular weight excluding hydrogens is 300 g/mol. The molecule has 1 aliphatic carbocycles. The van der Waals surface area contributed by atoms with E-state index in [0.717, 1.165) is 24.2 Å². The quantitative estimate of drug-likeness (QED) is 0.224. The van der Waals surface area contributed by atoms with Crippen molar-refractivity contribution in [1.29, 1.82) is 5.41 Å². The largest absolute Gasteiger partial charge is 0.478 e. The Labute approximate surface area is 136 Å². The fourth-order valence-corrected chi connectivity index (χ4v) is 2.73. The van der Waals surface area contributed by atoms with E-state index in [1.54, 1.807) is 0 Å². The molecule has 0 heterocycles. The number of ether oxygens (including phenoxy) is 1. The van der Waals surface area contributed by atoms with Crippen molar-refractivity contribution >= 4 is 18.2 Å². The van der Waals surface area contributed by atoms with Gasteiger partial charge in [-0.3, -0.25) is 15.2 Å². The summed E-state index contributed by atoms with van der Waals surface area (Å²) < 4.78 is 6.00. The minimum atomic E-state index is -1.05. The molecule has 0 aromatic carbocycles. The number of rotatable bonds is 8. The van der Waals surface area contributed by atoms with E-state index in [2.05, 4.69) is 5.32 Å². The zero-order valence-electron chi connectivity index (χ0n) is 13.8. The van der Waals surface area contributed by atoms with Crippen LogP contribution in [0.3, 0.4) is 0 Å². The minimum Gasteiger partial charge on any atom is -0.478 e. The van der Waals surface area contributed by atoms with Crippen molar-refractivity contribution in [2.75, 3.05) is 0 Å². The first-order valence-electron chi connectivity index (χ1n) is 7.74. The molecule has 8 heteroatoms. The zero-order valence-corrected chi connectivity index (χ0v) is 13.8. The fourth-order valence-electron chi connectivity index (χ4n) is 2.73. The highest BCUT2D eigenvalue weighted by atomic mass is 16.5. The van der Waals surface area contributed by atoms with E-state index in [1.807, 2.05) is 13.8 Å². The second-order valence-corrected chi connectivity index (χ2v) is 5.61. The SMILES string of the molecule is CCC(CC)OC1C=C(C(=O)O)CC(N(N)C=N)C1NC(C)=O. The highest BCUT2D eigenvalue weighted by molar-refractivity contribution is 5.87. The Morgan fingerprint density at radius 2 is 2.17 bits per heavy atom. The molecule has 0 fully saturated rings. The lowest BCUT2D eigenvalue weighted by molar-refractivity contribution is -0.133. The molecule has 1 aliphatic rings. The number of amides is 1. The van der Waals surface area contributed by atoms with Gasteiger partial charge in [-0.2, -0.15) is 0 Å². The van der Waals surface area contributed by atoms with Gasteiger partial charge in [0.05, 0.1) is 30.6 Å². The molecule has 1 rings (SSSR count). The standard InChI is InChI=1S/C15H26N4O4/c1-4-11(5-2)23-13-7-10(15(21)22)6-12(19(17)8-16)14(13)18-9(3)20/h7-8,11-14,16H,4-6,17H2,1-3H3,(H,18,20)(H,21,22). The first kappa shape index (κ1) is 19.1. The van der Waals surface area contributed by atoms with Crippen molar-refractivity contribution in [1.82, 2.24) is 10.3 Å². The number of nitrogens with zero attached hydrogens (tertiary/aromatic N) is 1. The molecule has 0 aromatic heterocycles. The second-order valence-electron chi connectivity index (χ2n) is 5.61. The lowest BCUT2D eigenvalue weighted by Gasteiger charge is -2.40. The van der Waals surface area contributed by atoms with Crippen LogP contribution in [0, 0.1) is 5.41 Å². The van der Waals surface area contributed by atoms with Crippen LogP contribution in [-0.4, -0.2) is 52.6 Å². The number of hydrazine groups is 1. The second kappa shape index (κ2) is 8.64. The third kappa shape index (κ3) is 5.04. The van der Waals surface area contributed by atoms with E-state index in [4.69, 9.17) is 16.0 Å². The molecule has 0 spiro atoms. The number of carbonyl (C=O) groups is 2. The Balaban J connectivity index is 3.18. The first-order valence-corrected chi connectivity index (χ1v) is 7.74. The molecule has 3 unspecified atom stereocenters. The highest BCUT2D eigenvalue weighted by Crippen LogP contribution is 2.26. The van der Waals surface area contributed by atoms with Crippen LogP contribution in [0.15, 0.2) is 11.6 Å². The molecule has 5 N–H and O–H groups in total. The zero-order chi connectivity index (χ0) is 17.6. The van der Waals surface area contributed by atoms with Crippen molar-refractivity contribution in [3.63, 3.8) is 0 Å². The maximum Gasteiger partial charge on any atom is 0.331 e. The van der Waals surface area contributed by atoms with Gasteiger partial charge in [-0.25, -0.2) is 10.6 Å².